The molecule has 0 saturated carbocycles. The Balaban J connectivity index is 2.18. The molecule has 1 atom stereocenters. The van der Waals surface area contributed by atoms with E-state index in [1.807, 2.05) is 11.7 Å². The van der Waals surface area contributed by atoms with Crippen LogP contribution >= 0.6 is 43.2 Å². The Bertz CT molecular complexity index is 564. The van der Waals surface area contributed by atoms with Gasteiger partial charge in [0.05, 0.1) is 7.57 Å². The highest BCUT2D eigenvalue weighted by Gasteiger charge is 2.19. The molecule has 1 unspecified atom stereocenters. The maximum atomic E-state index is 4.41. The van der Waals surface area contributed by atoms with Gasteiger partial charge in [0.15, 0.2) is 0 Å². The Morgan fingerprint density at radius 2 is 2.15 bits per heavy atom. The standard InChI is InChI=1S/C13H18Br2N4S/c1-8(2)6-19-12(17-7-18-19)5-10(16-3)9-4-11(14)20-13(9)15/h4,7-8,10,16H,5-6H2,1-3H3. The number of nitrogens with zero attached hydrogens (tertiary/aromatic N) is 3. The summed E-state index contributed by atoms with van der Waals surface area (Å²) in [5, 5.41) is 7.69. The van der Waals surface area contributed by atoms with Gasteiger partial charge in [0.1, 0.15) is 12.2 Å². The summed E-state index contributed by atoms with van der Waals surface area (Å²) in [6.45, 7) is 5.28. The van der Waals surface area contributed by atoms with Gasteiger partial charge in [0.2, 0.25) is 0 Å². The lowest BCUT2D eigenvalue weighted by Gasteiger charge is -2.16. The summed E-state index contributed by atoms with van der Waals surface area (Å²) in [6.07, 6.45) is 2.47. The summed E-state index contributed by atoms with van der Waals surface area (Å²) in [5.74, 6) is 1.58. The Hall–Kier alpha value is -0.240. The van der Waals surface area contributed by atoms with Crippen molar-refractivity contribution in [3.63, 3.8) is 0 Å². The van der Waals surface area contributed by atoms with E-state index >= 15 is 0 Å². The highest BCUT2D eigenvalue weighted by molar-refractivity contribution is 9.12. The van der Waals surface area contributed by atoms with Crippen molar-refractivity contribution >= 4 is 43.2 Å². The van der Waals surface area contributed by atoms with Crippen LogP contribution in [-0.4, -0.2) is 21.8 Å². The summed E-state index contributed by atoms with van der Waals surface area (Å²) in [4.78, 5) is 4.41. The maximum absolute atomic E-state index is 4.41. The van der Waals surface area contributed by atoms with Gasteiger partial charge in [-0.1, -0.05) is 13.8 Å². The van der Waals surface area contributed by atoms with Crippen molar-refractivity contribution in [2.24, 2.45) is 5.92 Å². The monoisotopic (exact) mass is 420 g/mol. The van der Waals surface area contributed by atoms with Gasteiger partial charge in [-0.25, -0.2) is 9.67 Å². The van der Waals surface area contributed by atoms with Crippen LogP contribution in [0.15, 0.2) is 20.0 Å². The van der Waals surface area contributed by atoms with Crippen molar-refractivity contribution in [1.82, 2.24) is 20.1 Å². The van der Waals surface area contributed by atoms with Crippen molar-refractivity contribution < 1.29 is 0 Å². The molecule has 0 aliphatic carbocycles. The van der Waals surface area contributed by atoms with Crippen LogP contribution in [0.4, 0.5) is 0 Å². The number of aromatic nitrogens is 3. The van der Waals surface area contributed by atoms with E-state index in [9.17, 15) is 0 Å². The molecule has 2 heterocycles. The third-order valence-corrected chi connectivity index (χ3v) is 5.41. The SMILES string of the molecule is CNC(Cc1ncnn1CC(C)C)c1cc(Br)sc1Br. The zero-order valence-corrected chi connectivity index (χ0v) is 15.7. The Morgan fingerprint density at radius 3 is 2.70 bits per heavy atom. The van der Waals surface area contributed by atoms with E-state index in [1.165, 1.54) is 5.56 Å². The lowest BCUT2D eigenvalue weighted by molar-refractivity contribution is 0.451. The number of hydrogen-bond acceptors (Lipinski definition) is 4. The van der Waals surface area contributed by atoms with E-state index < -0.39 is 0 Å². The molecule has 0 fully saturated rings. The molecular weight excluding hydrogens is 404 g/mol. The smallest absolute Gasteiger partial charge is 0.138 e. The third kappa shape index (κ3) is 3.90. The fourth-order valence-electron chi connectivity index (χ4n) is 2.09. The van der Waals surface area contributed by atoms with E-state index in [0.29, 0.717) is 5.92 Å². The minimum atomic E-state index is 0.224. The van der Waals surface area contributed by atoms with E-state index in [0.717, 1.165) is 26.4 Å². The molecule has 0 aliphatic heterocycles. The minimum absolute atomic E-state index is 0.224. The number of nitrogens with one attached hydrogen (secondary N) is 1. The second-order valence-electron chi connectivity index (χ2n) is 5.08. The van der Waals surface area contributed by atoms with Crippen LogP contribution in [0.25, 0.3) is 0 Å². The number of hydrogen-bond donors (Lipinski definition) is 1. The molecule has 0 radical (unpaired) electrons. The molecule has 1 N–H and O–H groups in total. The van der Waals surface area contributed by atoms with Crippen LogP contribution in [-0.2, 0) is 13.0 Å². The third-order valence-electron chi connectivity index (χ3n) is 3.03. The number of halogens is 2. The Kier molecular flexibility index (Phi) is 5.77. The normalized spacial score (nSPS) is 13.1. The molecule has 2 aromatic heterocycles. The highest BCUT2D eigenvalue weighted by atomic mass is 79.9. The van der Waals surface area contributed by atoms with Crippen LogP contribution in [0, 0.1) is 5.92 Å². The average molecular weight is 422 g/mol. The predicted molar refractivity (Wildman–Crippen MR) is 90.1 cm³/mol. The lowest BCUT2D eigenvalue weighted by atomic mass is 10.1. The highest BCUT2D eigenvalue weighted by Crippen LogP contribution is 2.36. The molecule has 2 rings (SSSR count). The van der Waals surface area contributed by atoms with Crippen molar-refractivity contribution in [3.8, 4) is 0 Å². The van der Waals surface area contributed by atoms with Crippen molar-refractivity contribution in [3.05, 3.63) is 31.4 Å². The topological polar surface area (TPSA) is 42.7 Å². The van der Waals surface area contributed by atoms with Crippen LogP contribution in [0.5, 0.6) is 0 Å². The first-order valence-electron chi connectivity index (χ1n) is 6.50. The Labute approximate surface area is 140 Å². The molecule has 0 spiro atoms. The van der Waals surface area contributed by atoms with E-state index in [-0.39, 0.29) is 6.04 Å². The van der Waals surface area contributed by atoms with Gasteiger partial charge in [-0.3, -0.25) is 0 Å². The fraction of sp³-hybridized carbons (Fsp3) is 0.538. The van der Waals surface area contributed by atoms with Crippen LogP contribution < -0.4 is 5.32 Å². The van der Waals surface area contributed by atoms with E-state index in [2.05, 4.69) is 67.2 Å². The summed E-state index contributed by atoms with van der Waals surface area (Å²) >= 11 is 8.85. The molecule has 0 saturated heterocycles. The molecule has 4 nitrogen and oxygen atoms in total. The van der Waals surface area contributed by atoms with Gasteiger partial charge < -0.3 is 5.32 Å². The average Bonchev–Trinajstić information content (AvgIpc) is 2.92. The molecule has 0 amide bonds. The van der Waals surface area contributed by atoms with Gasteiger partial charge in [-0.15, -0.1) is 11.3 Å². The van der Waals surface area contributed by atoms with E-state index in [4.69, 9.17) is 0 Å². The van der Waals surface area contributed by atoms with Crippen molar-refractivity contribution in [2.75, 3.05) is 7.05 Å². The zero-order chi connectivity index (χ0) is 14.7. The molecule has 7 heteroatoms. The van der Waals surface area contributed by atoms with Crippen LogP contribution in [0.2, 0.25) is 0 Å². The van der Waals surface area contributed by atoms with Gasteiger partial charge >= 0.3 is 0 Å². The molecule has 0 aromatic carbocycles. The summed E-state index contributed by atoms with van der Waals surface area (Å²) in [6, 6.07) is 2.38. The summed E-state index contributed by atoms with van der Waals surface area (Å²) < 4.78 is 4.28. The molecule has 2 aromatic rings. The molecular formula is C13H18Br2N4S. The van der Waals surface area contributed by atoms with Crippen LogP contribution in [0.1, 0.15) is 31.3 Å². The first kappa shape index (κ1) is 16.1. The van der Waals surface area contributed by atoms with E-state index in [1.54, 1.807) is 17.7 Å². The first-order valence-corrected chi connectivity index (χ1v) is 8.90. The summed E-state index contributed by atoms with van der Waals surface area (Å²) in [5.41, 5.74) is 1.25. The van der Waals surface area contributed by atoms with Crippen LogP contribution in [0.3, 0.4) is 0 Å². The predicted octanol–water partition coefficient (Wildman–Crippen LogP) is 4.02. The quantitative estimate of drug-likeness (QED) is 0.765. The Morgan fingerprint density at radius 1 is 1.40 bits per heavy atom. The lowest BCUT2D eigenvalue weighted by Crippen LogP contribution is -2.21. The zero-order valence-electron chi connectivity index (χ0n) is 11.7. The van der Waals surface area contributed by atoms with Crippen molar-refractivity contribution in [2.45, 2.75) is 32.9 Å². The number of thiophene rings is 1. The molecule has 110 valence electrons. The summed E-state index contributed by atoms with van der Waals surface area (Å²) in [7, 11) is 1.98. The molecule has 0 bridgehead atoms. The number of rotatable bonds is 6. The van der Waals surface area contributed by atoms with Gasteiger partial charge in [-0.05, 0) is 56.5 Å². The number of likely N-dealkylation sites (N-methyl/N-ethyl adjacent to an activating group) is 1. The minimum Gasteiger partial charge on any atom is -0.313 e. The second-order valence-corrected chi connectivity index (χ2v) is 8.83. The maximum Gasteiger partial charge on any atom is 0.138 e. The fourth-order valence-corrected chi connectivity index (χ4v) is 5.06. The van der Waals surface area contributed by atoms with Gasteiger partial charge in [-0.2, -0.15) is 5.10 Å². The molecule has 0 aliphatic rings. The molecule has 20 heavy (non-hydrogen) atoms. The second kappa shape index (κ2) is 7.15. The first-order chi connectivity index (χ1) is 9.51. The van der Waals surface area contributed by atoms with Gasteiger partial charge in [0.25, 0.3) is 0 Å². The van der Waals surface area contributed by atoms with Crippen molar-refractivity contribution in [1.29, 1.82) is 0 Å². The largest absolute Gasteiger partial charge is 0.313 e. The van der Waals surface area contributed by atoms with Gasteiger partial charge in [0, 0.05) is 19.0 Å².